The van der Waals surface area contributed by atoms with E-state index in [0.29, 0.717) is 6.42 Å². The summed E-state index contributed by atoms with van der Waals surface area (Å²) in [6.45, 7) is 3.43. The first kappa shape index (κ1) is 17.2. The number of ketones is 2. The molecule has 4 heteroatoms. The quantitative estimate of drug-likeness (QED) is 0.755. The van der Waals surface area contributed by atoms with Crippen molar-refractivity contribution in [3.63, 3.8) is 0 Å². The minimum atomic E-state index is -1.56. The van der Waals surface area contributed by atoms with Crippen molar-refractivity contribution >= 4 is 11.6 Å². The Kier molecular flexibility index (Phi) is 3.69. The topological polar surface area (TPSA) is 74.6 Å². The lowest BCUT2D eigenvalue weighted by Gasteiger charge is -2.56. The molecule has 4 nitrogen and oxygen atoms in total. The highest BCUT2D eigenvalue weighted by molar-refractivity contribution is 5.92. The number of hydrogen-bond acceptors (Lipinski definition) is 4. The van der Waals surface area contributed by atoms with E-state index in [1.54, 1.807) is 0 Å². The summed E-state index contributed by atoms with van der Waals surface area (Å²) in [6.07, 6.45) is 10.9. The highest BCUT2D eigenvalue weighted by Gasteiger charge is 2.68. The average molecular weight is 344 g/mol. The highest BCUT2D eigenvalue weighted by Crippen LogP contribution is 2.66. The molecule has 0 amide bonds. The molecule has 0 aromatic rings. The smallest absolute Gasteiger partial charge is 0.190 e. The summed E-state index contributed by atoms with van der Waals surface area (Å²) in [5.74, 6) is -0.0341. The van der Waals surface area contributed by atoms with Crippen LogP contribution in [0.15, 0.2) is 23.8 Å². The minimum absolute atomic E-state index is 0.0475. The van der Waals surface area contributed by atoms with Gasteiger partial charge in [0.05, 0.1) is 0 Å². The Labute approximate surface area is 149 Å². The van der Waals surface area contributed by atoms with Crippen LogP contribution < -0.4 is 0 Å². The number of carbonyl (C=O) groups excluding carboxylic acids is 2. The maximum atomic E-state index is 13.3. The van der Waals surface area contributed by atoms with Crippen molar-refractivity contribution in [2.75, 3.05) is 6.61 Å². The van der Waals surface area contributed by atoms with Gasteiger partial charge in [0, 0.05) is 23.2 Å². The van der Waals surface area contributed by atoms with Gasteiger partial charge in [-0.25, -0.2) is 0 Å². The molecule has 25 heavy (non-hydrogen) atoms. The van der Waals surface area contributed by atoms with Crippen LogP contribution in [0.3, 0.4) is 0 Å². The Morgan fingerprint density at radius 1 is 1.32 bits per heavy atom. The van der Waals surface area contributed by atoms with Gasteiger partial charge in [0.2, 0.25) is 0 Å². The SMILES string of the molecule is C[C@]12C=CCC=C1CC[C@@H]1[C@@H]2C(=O)C[C@@]2(C)[C@H]1CC[C@]2(O)C(=O)CO. The number of aliphatic hydroxyl groups excluding tert-OH is 1. The molecule has 4 aliphatic carbocycles. The fraction of sp³-hybridized carbons (Fsp3) is 0.714. The van der Waals surface area contributed by atoms with Crippen LogP contribution in [0.2, 0.25) is 0 Å². The van der Waals surface area contributed by atoms with Gasteiger partial charge in [0.25, 0.3) is 0 Å². The minimum Gasteiger partial charge on any atom is -0.388 e. The fourth-order valence-corrected chi connectivity index (χ4v) is 6.76. The van der Waals surface area contributed by atoms with Crippen molar-refractivity contribution in [1.29, 1.82) is 0 Å². The monoisotopic (exact) mass is 344 g/mol. The lowest BCUT2D eigenvalue weighted by atomic mass is 9.46. The van der Waals surface area contributed by atoms with Gasteiger partial charge in [-0.2, -0.15) is 0 Å². The number of fused-ring (bicyclic) bond motifs is 5. The van der Waals surface area contributed by atoms with Crippen LogP contribution in [0.4, 0.5) is 0 Å². The molecule has 0 saturated heterocycles. The van der Waals surface area contributed by atoms with E-state index in [-0.39, 0.29) is 35.4 Å². The largest absolute Gasteiger partial charge is 0.388 e. The van der Waals surface area contributed by atoms with Crippen molar-refractivity contribution < 1.29 is 19.8 Å². The number of hydrogen-bond donors (Lipinski definition) is 2. The van der Waals surface area contributed by atoms with Crippen LogP contribution in [-0.4, -0.2) is 34.0 Å². The van der Waals surface area contributed by atoms with Gasteiger partial charge in [0.15, 0.2) is 5.78 Å². The molecule has 0 aromatic carbocycles. The Bertz CT molecular complexity index is 692. The molecular formula is C21H28O4. The van der Waals surface area contributed by atoms with Crippen molar-refractivity contribution in [3.05, 3.63) is 23.8 Å². The van der Waals surface area contributed by atoms with Gasteiger partial charge in [-0.1, -0.05) is 37.6 Å². The Hall–Kier alpha value is -1.26. The summed E-state index contributed by atoms with van der Waals surface area (Å²) in [4.78, 5) is 25.6. The standard InChI is InChI=1S/C21H28O4/c1-19-9-4-3-5-13(19)6-7-14-15-8-10-21(25,17(24)12-22)20(15,2)11-16(23)18(14)19/h4-5,9,14-15,18,22,25H,3,6-8,10-12H2,1-2H3/t14-,15-,18+,19-,20-,21-/m0/s1. The molecule has 3 fully saturated rings. The maximum Gasteiger partial charge on any atom is 0.190 e. The maximum absolute atomic E-state index is 13.3. The Balaban J connectivity index is 1.76. The van der Waals surface area contributed by atoms with Crippen LogP contribution in [0.5, 0.6) is 0 Å². The first-order valence-corrected chi connectivity index (χ1v) is 9.54. The van der Waals surface area contributed by atoms with Crippen molar-refractivity contribution in [2.45, 2.75) is 58.0 Å². The second-order valence-corrected chi connectivity index (χ2v) is 8.98. The predicted molar refractivity (Wildman–Crippen MR) is 93.7 cm³/mol. The Morgan fingerprint density at radius 3 is 2.80 bits per heavy atom. The number of aliphatic hydroxyl groups is 2. The van der Waals surface area contributed by atoms with E-state index in [2.05, 4.69) is 25.2 Å². The summed E-state index contributed by atoms with van der Waals surface area (Å²) in [5, 5.41) is 20.5. The third kappa shape index (κ3) is 2.01. The zero-order valence-corrected chi connectivity index (χ0v) is 15.1. The molecule has 0 aromatic heterocycles. The lowest BCUT2D eigenvalue weighted by molar-refractivity contribution is -0.168. The number of Topliss-reactive ketones (excluding diaryl/α,β-unsaturated/α-hetero) is 2. The Morgan fingerprint density at radius 2 is 2.08 bits per heavy atom. The molecule has 0 aliphatic heterocycles. The second kappa shape index (κ2) is 5.37. The number of rotatable bonds is 2. The summed E-state index contributed by atoms with van der Waals surface area (Å²) >= 11 is 0. The molecule has 0 spiro atoms. The van der Waals surface area contributed by atoms with Crippen LogP contribution in [0, 0.1) is 28.6 Å². The van der Waals surface area contributed by atoms with Crippen LogP contribution in [0.1, 0.15) is 52.4 Å². The van der Waals surface area contributed by atoms with Crippen molar-refractivity contribution in [2.24, 2.45) is 28.6 Å². The predicted octanol–water partition coefficient (Wildman–Crippen LogP) is 2.59. The van der Waals surface area contributed by atoms with E-state index in [0.717, 1.165) is 25.7 Å². The molecular weight excluding hydrogens is 316 g/mol. The summed E-state index contributed by atoms with van der Waals surface area (Å²) < 4.78 is 0. The number of allylic oxidation sites excluding steroid dienone is 4. The van der Waals surface area contributed by atoms with E-state index in [1.807, 2.05) is 6.92 Å². The van der Waals surface area contributed by atoms with Gasteiger partial charge >= 0.3 is 0 Å². The molecule has 6 atom stereocenters. The van der Waals surface area contributed by atoms with Gasteiger partial charge in [-0.15, -0.1) is 0 Å². The molecule has 3 saturated carbocycles. The summed E-state index contributed by atoms with van der Waals surface area (Å²) in [6, 6.07) is 0. The molecule has 136 valence electrons. The van der Waals surface area contributed by atoms with E-state index in [4.69, 9.17) is 0 Å². The van der Waals surface area contributed by atoms with Crippen molar-refractivity contribution in [1.82, 2.24) is 0 Å². The van der Waals surface area contributed by atoms with E-state index in [9.17, 15) is 19.8 Å². The zero-order chi connectivity index (χ0) is 18.0. The average Bonchev–Trinajstić information content (AvgIpc) is 2.85. The molecule has 2 N–H and O–H groups in total. The third-order valence-corrected chi connectivity index (χ3v) is 8.07. The van der Waals surface area contributed by atoms with Gasteiger partial charge < -0.3 is 10.2 Å². The van der Waals surface area contributed by atoms with Gasteiger partial charge in [-0.05, 0) is 43.9 Å². The first-order chi connectivity index (χ1) is 11.8. The van der Waals surface area contributed by atoms with Crippen LogP contribution >= 0.6 is 0 Å². The van der Waals surface area contributed by atoms with E-state index >= 15 is 0 Å². The molecule has 0 unspecified atom stereocenters. The van der Waals surface area contributed by atoms with E-state index in [1.165, 1.54) is 5.57 Å². The van der Waals surface area contributed by atoms with Crippen LogP contribution in [-0.2, 0) is 9.59 Å². The normalized spacial score (nSPS) is 48.4. The zero-order valence-electron chi connectivity index (χ0n) is 15.1. The fourth-order valence-electron chi connectivity index (χ4n) is 6.76. The van der Waals surface area contributed by atoms with Gasteiger partial charge in [-0.3, -0.25) is 9.59 Å². The van der Waals surface area contributed by atoms with Crippen LogP contribution in [0.25, 0.3) is 0 Å². The molecule has 0 heterocycles. The third-order valence-electron chi connectivity index (χ3n) is 8.07. The van der Waals surface area contributed by atoms with Crippen molar-refractivity contribution in [3.8, 4) is 0 Å². The summed E-state index contributed by atoms with van der Waals surface area (Å²) in [5.41, 5.74) is -1.14. The highest BCUT2D eigenvalue weighted by atomic mass is 16.3. The second-order valence-electron chi connectivity index (χ2n) is 8.98. The van der Waals surface area contributed by atoms with Gasteiger partial charge in [0.1, 0.15) is 18.0 Å². The first-order valence-electron chi connectivity index (χ1n) is 9.54. The molecule has 4 aliphatic rings. The summed E-state index contributed by atoms with van der Waals surface area (Å²) in [7, 11) is 0. The number of carbonyl (C=O) groups is 2. The van der Waals surface area contributed by atoms with E-state index < -0.39 is 23.4 Å². The molecule has 4 rings (SSSR count). The molecule has 0 bridgehead atoms. The molecule has 0 radical (unpaired) electrons. The lowest BCUT2D eigenvalue weighted by Crippen LogP contribution is -2.60.